The first kappa shape index (κ1) is 13.1. The molecule has 0 amide bonds. The van der Waals surface area contributed by atoms with Crippen LogP contribution in [0.2, 0.25) is 10.0 Å². The number of aryl methyl sites for hydroxylation is 1. The number of halogens is 2. The number of nitrogens with zero attached hydrogens (tertiary/aromatic N) is 1. The van der Waals surface area contributed by atoms with E-state index in [1.54, 1.807) is 18.2 Å². The van der Waals surface area contributed by atoms with Crippen LogP contribution in [0.25, 0.3) is 11.4 Å². The lowest BCUT2D eigenvalue weighted by atomic mass is 10.1. The fourth-order valence-electron chi connectivity index (χ4n) is 1.83. The summed E-state index contributed by atoms with van der Waals surface area (Å²) in [5, 5.41) is 1.06. The van der Waals surface area contributed by atoms with Crippen LogP contribution in [0.4, 0.5) is 0 Å². The van der Waals surface area contributed by atoms with Crippen LogP contribution in [0.15, 0.2) is 23.0 Å². The largest absolute Gasteiger partial charge is 0.306 e. The van der Waals surface area contributed by atoms with E-state index in [9.17, 15) is 4.79 Å². The summed E-state index contributed by atoms with van der Waals surface area (Å²) in [4.78, 5) is 19.0. The van der Waals surface area contributed by atoms with Crippen molar-refractivity contribution in [2.75, 3.05) is 0 Å². The number of H-pyrrole nitrogens is 1. The average Bonchev–Trinajstić information content (AvgIpc) is 2.32. The number of rotatable bonds is 2. The molecule has 0 unspecified atom stereocenters. The van der Waals surface area contributed by atoms with Gasteiger partial charge in [-0.1, -0.05) is 30.1 Å². The molecule has 0 saturated carbocycles. The summed E-state index contributed by atoms with van der Waals surface area (Å²) in [5.74, 6) is 0.446. The number of hydrogen-bond donors (Lipinski definition) is 1. The Hall–Kier alpha value is -1.32. The minimum absolute atomic E-state index is 0.129. The van der Waals surface area contributed by atoms with Gasteiger partial charge in [-0.3, -0.25) is 4.79 Å². The van der Waals surface area contributed by atoms with Crippen LogP contribution in [-0.2, 0) is 6.42 Å². The van der Waals surface area contributed by atoms with E-state index >= 15 is 0 Å². The van der Waals surface area contributed by atoms with E-state index < -0.39 is 0 Å². The summed E-state index contributed by atoms with van der Waals surface area (Å²) in [7, 11) is 0. The average molecular weight is 283 g/mol. The highest BCUT2D eigenvalue weighted by molar-refractivity contribution is 6.35. The third-order valence-corrected chi connectivity index (χ3v) is 3.32. The lowest BCUT2D eigenvalue weighted by Gasteiger charge is -2.07. The summed E-state index contributed by atoms with van der Waals surface area (Å²) in [6.45, 7) is 3.74. The standard InChI is InChI=1S/C13H12Cl2N2O/c1-3-9-7(2)16-12(17-13(9)18)10-6-8(14)4-5-11(10)15/h4-6H,3H2,1-2H3,(H,16,17,18). The predicted molar refractivity (Wildman–Crippen MR) is 74.4 cm³/mol. The van der Waals surface area contributed by atoms with Crippen molar-refractivity contribution in [1.82, 2.24) is 9.97 Å². The van der Waals surface area contributed by atoms with Gasteiger partial charge in [-0.15, -0.1) is 0 Å². The molecule has 0 saturated heterocycles. The van der Waals surface area contributed by atoms with E-state index in [0.717, 1.165) is 0 Å². The second kappa shape index (κ2) is 5.12. The molecule has 0 bridgehead atoms. The van der Waals surface area contributed by atoms with Gasteiger partial charge in [0.15, 0.2) is 0 Å². The van der Waals surface area contributed by atoms with Gasteiger partial charge in [0.05, 0.1) is 5.02 Å². The van der Waals surface area contributed by atoms with Gasteiger partial charge in [-0.2, -0.15) is 0 Å². The van der Waals surface area contributed by atoms with E-state index in [1.807, 2.05) is 13.8 Å². The number of benzene rings is 1. The smallest absolute Gasteiger partial charge is 0.254 e. The van der Waals surface area contributed by atoms with Crippen LogP contribution in [0.1, 0.15) is 18.2 Å². The van der Waals surface area contributed by atoms with Crippen molar-refractivity contribution in [3.05, 3.63) is 49.9 Å². The summed E-state index contributed by atoms with van der Waals surface area (Å²) < 4.78 is 0. The fraction of sp³-hybridized carbons (Fsp3) is 0.231. The maximum atomic E-state index is 11.9. The molecule has 94 valence electrons. The SMILES string of the molecule is CCc1c(C)nc(-c2cc(Cl)ccc2Cl)[nH]c1=O. The van der Waals surface area contributed by atoms with E-state index in [1.165, 1.54) is 0 Å². The molecule has 3 nitrogen and oxygen atoms in total. The first-order valence-corrected chi connectivity index (χ1v) is 6.33. The monoisotopic (exact) mass is 282 g/mol. The maximum Gasteiger partial charge on any atom is 0.254 e. The van der Waals surface area contributed by atoms with Crippen molar-refractivity contribution in [1.29, 1.82) is 0 Å². The summed E-state index contributed by atoms with van der Waals surface area (Å²) in [6.07, 6.45) is 0.651. The van der Waals surface area contributed by atoms with Gasteiger partial charge in [-0.05, 0) is 31.5 Å². The molecule has 0 aliphatic heterocycles. The molecular weight excluding hydrogens is 271 g/mol. The molecule has 0 aliphatic carbocycles. The molecule has 0 aliphatic rings. The van der Waals surface area contributed by atoms with Gasteiger partial charge < -0.3 is 4.98 Å². The van der Waals surface area contributed by atoms with Crippen molar-refractivity contribution in [3.63, 3.8) is 0 Å². The minimum atomic E-state index is -0.129. The highest BCUT2D eigenvalue weighted by atomic mass is 35.5. The van der Waals surface area contributed by atoms with E-state index in [2.05, 4.69) is 9.97 Å². The quantitative estimate of drug-likeness (QED) is 0.915. The predicted octanol–water partition coefficient (Wildman–Crippen LogP) is 3.61. The van der Waals surface area contributed by atoms with Crippen LogP contribution in [0, 0.1) is 6.92 Å². The zero-order chi connectivity index (χ0) is 13.3. The third kappa shape index (κ3) is 2.42. The molecule has 0 spiro atoms. The lowest BCUT2D eigenvalue weighted by molar-refractivity contribution is 0.968. The van der Waals surface area contributed by atoms with E-state index in [4.69, 9.17) is 23.2 Å². The van der Waals surface area contributed by atoms with Crippen molar-refractivity contribution in [3.8, 4) is 11.4 Å². The van der Waals surface area contributed by atoms with Crippen molar-refractivity contribution in [2.24, 2.45) is 0 Å². The third-order valence-electron chi connectivity index (χ3n) is 2.76. The second-order valence-corrected chi connectivity index (χ2v) is 4.80. The zero-order valence-electron chi connectivity index (χ0n) is 10.1. The Morgan fingerprint density at radius 2 is 2.06 bits per heavy atom. The minimum Gasteiger partial charge on any atom is -0.306 e. The van der Waals surface area contributed by atoms with Crippen LogP contribution in [-0.4, -0.2) is 9.97 Å². The number of aromatic amines is 1. The molecule has 5 heteroatoms. The van der Waals surface area contributed by atoms with Crippen molar-refractivity contribution in [2.45, 2.75) is 20.3 Å². The summed E-state index contributed by atoms with van der Waals surface area (Å²) in [6, 6.07) is 5.06. The molecule has 0 fully saturated rings. The van der Waals surface area contributed by atoms with Gasteiger partial charge in [0, 0.05) is 21.8 Å². The lowest BCUT2D eigenvalue weighted by Crippen LogP contribution is -2.16. The number of aromatic nitrogens is 2. The first-order chi connectivity index (χ1) is 8.52. The Kier molecular flexibility index (Phi) is 3.73. The molecule has 18 heavy (non-hydrogen) atoms. The van der Waals surface area contributed by atoms with Gasteiger partial charge in [0.25, 0.3) is 5.56 Å². The van der Waals surface area contributed by atoms with Gasteiger partial charge in [-0.25, -0.2) is 4.98 Å². The molecule has 1 heterocycles. The molecule has 1 aromatic heterocycles. The number of hydrogen-bond acceptors (Lipinski definition) is 2. The molecule has 0 atom stereocenters. The summed E-state index contributed by atoms with van der Waals surface area (Å²) in [5.41, 5.74) is 1.91. The Morgan fingerprint density at radius 3 is 2.67 bits per heavy atom. The van der Waals surface area contributed by atoms with Gasteiger partial charge >= 0.3 is 0 Å². The highest BCUT2D eigenvalue weighted by Gasteiger charge is 2.11. The van der Waals surface area contributed by atoms with Crippen LogP contribution in [0.5, 0.6) is 0 Å². The van der Waals surface area contributed by atoms with E-state index in [-0.39, 0.29) is 5.56 Å². The molecule has 1 N–H and O–H groups in total. The molecular formula is C13H12Cl2N2O. The molecule has 0 radical (unpaired) electrons. The van der Waals surface area contributed by atoms with Crippen molar-refractivity contribution >= 4 is 23.2 Å². The maximum absolute atomic E-state index is 11.9. The van der Waals surface area contributed by atoms with Crippen molar-refractivity contribution < 1.29 is 0 Å². The Balaban J connectivity index is 2.65. The Morgan fingerprint density at radius 1 is 1.33 bits per heavy atom. The first-order valence-electron chi connectivity index (χ1n) is 5.58. The topological polar surface area (TPSA) is 45.8 Å². The Bertz CT molecular complexity index is 650. The van der Waals surface area contributed by atoms with Gasteiger partial charge in [0.1, 0.15) is 5.82 Å². The fourth-order valence-corrected chi connectivity index (χ4v) is 2.21. The van der Waals surface area contributed by atoms with Gasteiger partial charge in [0.2, 0.25) is 0 Å². The Labute approximate surface area is 115 Å². The molecule has 2 aromatic rings. The second-order valence-electron chi connectivity index (χ2n) is 3.96. The van der Waals surface area contributed by atoms with Crippen LogP contribution >= 0.6 is 23.2 Å². The summed E-state index contributed by atoms with van der Waals surface area (Å²) >= 11 is 12.0. The van der Waals surface area contributed by atoms with Crippen LogP contribution < -0.4 is 5.56 Å². The van der Waals surface area contributed by atoms with Crippen LogP contribution in [0.3, 0.4) is 0 Å². The zero-order valence-corrected chi connectivity index (χ0v) is 11.6. The normalized spacial score (nSPS) is 10.7. The van der Waals surface area contributed by atoms with E-state index in [0.29, 0.717) is 39.1 Å². The number of nitrogens with one attached hydrogen (secondary N) is 1. The molecule has 2 rings (SSSR count). The molecule has 1 aromatic carbocycles. The highest BCUT2D eigenvalue weighted by Crippen LogP contribution is 2.27.